The molecule has 140 valence electrons. The number of nitrogens with two attached hydrogens (primary N) is 1. The van der Waals surface area contributed by atoms with E-state index in [2.05, 4.69) is 0 Å². The predicted octanol–water partition coefficient (Wildman–Crippen LogP) is -3.50. The van der Waals surface area contributed by atoms with E-state index in [0.29, 0.717) is 0 Å². The second-order valence-corrected chi connectivity index (χ2v) is 5.93. The van der Waals surface area contributed by atoms with Crippen molar-refractivity contribution in [1.29, 1.82) is 0 Å². The lowest BCUT2D eigenvalue weighted by Gasteiger charge is -2.17. The molecular weight excluding hydrogens is 338 g/mol. The van der Waals surface area contributed by atoms with Crippen LogP contribution in [0.2, 0.25) is 0 Å². The van der Waals surface area contributed by atoms with Crippen molar-refractivity contribution in [3.63, 3.8) is 0 Å². The van der Waals surface area contributed by atoms with Gasteiger partial charge in [-0.3, -0.25) is 14.2 Å². The molecule has 5 atom stereocenters. The van der Waals surface area contributed by atoms with Gasteiger partial charge < -0.3 is 35.5 Å². The van der Waals surface area contributed by atoms with Crippen molar-refractivity contribution in [2.24, 2.45) is 12.8 Å². The first-order valence-electron chi connectivity index (χ1n) is 7.60. The van der Waals surface area contributed by atoms with E-state index in [-0.39, 0.29) is 18.5 Å². The van der Waals surface area contributed by atoms with E-state index < -0.39 is 54.3 Å². The molecule has 11 heteroatoms. The Morgan fingerprint density at radius 3 is 2.52 bits per heavy atom. The lowest BCUT2D eigenvalue weighted by molar-refractivity contribution is -0.138. The van der Waals surface area contributed by atoms with Crippen molar-refractivity contribution < 1.29 is 30.0 Å². The fraction of sp³-hybridized carbons (Fsp3) is 0.643. The minimum Gasteiger partial charge on any atom is -0.480 e. The van der Waals surface area contributed by atoms with Crippen LogP contribution >= 0.6 is 0 Å². The molecule has 25 heavy (non-hydrogen) atoms. The van der Waals surface area contributed by atoms with Crippen LogP contribution in [0.15, 0.2) is 15.8 Å². The van der Waals surface area contributed by atoms with E-state index >= 15 is 0 Å². The van der Waals surface area contributed by atoms with Gasteiger partial charge in [0.25, 0.3) is 5.56 Å². The molecule has 1 saturated heterocycles. The largest absolute Gasteiger partial charge is 0.480 e. The first kappa shape index (κ1) is 19.3. The highest BCUT2D eigenvalue weighted by Crippen LogP contribution is 2.31. The number of aryl methyl sites for hydroxylation is 1. The number of hydrogen-bond acceptors (Lipinski definition) is 8. The van der Waals surface area contributed by atoms with E-state index in [9.17, 15) is 24.6 Å². The molecule has 1 fully saturated rings. The highest BCUT2D eigenvalue weighted by atomic mass is 16.6. The zero-order chi connectivity index (χ0) is 18.9. The van der Waals surface area contributed by atoms with Gasteiger partial charge in [0.15, 0.2) is 0 Å². The van der Waals surface area contributed by atoms with E-state index in [4.69, 9.17) is 20.7 Å². The van der Waals surface area contributed by atoms with Crippen LogP contribution in [-0.4, -0.2) is 66.5 Å². The molecular formula is C14H21N3O8. The molecule has 0 radical (unpaired) electrons. The standard InChI is InChI=1S/C14H21N3O8/c1-16-4-6(11-10(20)9(19)8(5-18)25-11)12(21)17(14(16)24)3-2-7(15)13(22)23/h4,7-11,18-20H,2-3,5,15H2,1H3,(H,22,23)/t7?,8-,9?,10+,11+/m1/s1. The second kappa shape index (κ2) is 7.45. The van der Waals surface area contributed by atoms with Gasteiger partial charge in [-0.1, -0.05) is 0 Å². The molecule has 0 aliphatic carbocycles. The molecule has 1 aliphatic rings. The van der Waals surface area contributed by atoms with E-state index in [1.165, 1.54) is 13.2 Å². The molecule has 6 N–H and O–H groups in total. The summed E-state index contributed by atoms with van der Waals surface area (Å²) in [6, 6.07) is -1.24. The highest BCUT2D eigenvalue weighted by Gasteiger charge is 2.44. The lowest BCUT2D eigenvalue weighted by atomic mass is 10.0. The van der Waals surface area contributed by atoms with Crippen molar-refractivity contribution in [3.05, 3.63) is 32.6 Å². The first-order valence-corrected chi connectivity index (χ1v) is 7.60. The number of aromatic nitrogens is 2. The smallest absolute Gasteiger partial charge is 0.330 e. The van der Waals surface area contributed by atoms with Gasteiger partial charge in [0.1, 0.15) is 30.5 Å². The molecule has 0 amide bonds. The fourth-order valence-electron chi connectivity index (χ4n) is 2.69. The van der Waals surface area contributed by atoms with Crippen LogP contribution < -0.4 is 17.0 Å². The molecule has 2 unspecified atom stereocenters. The van der Waals surface area contributed by atoms with Gasteiger partial charge in [-0.2, -0.15) is 0 Å². The van der Waals surface area contributed by atoms with Gasteiger partial charge in [-0.25, -0.2) is 4.79 Å². The third kappa shape index (κ3) is 3.65. The zero-order valence-electron chi connectivity index (χ0n) is 13.5. The van der Waals surface area contributed by atoms with Crippen LogP contribution in [0.4, 0.5) is 0 Å². The number of carbonyl (C=O) groups is 1. The summed E-state index contributed by atoms with van der Waals surface area (Å²) < 4.78 is 7.20. The van der Waals surface area contributed by atoms with Crippen LogP contribution in [-0.2, 0) is 23.1 Å². The van der Waals surface area contributed by atoms with Crippen molar-refractivity contribution in [2.45, 2.75) is 43.4 Å². The molecule has 0 spiro atoms. The van der Waals surface area contributed by atoms with Crippen LogP contribution in [0.25, 0.3) is 0 Å². The average Bonchev–Trinajstić information content (AvgIpc) is 2.85. The summed E-state index contributed by atoms with van der Waals surface area (Å²) in [5, 5.41) is 37.8. The topological polar surface area (TPSA) is 177 Å². The molecule has 1 aromatic heterocycles. The normalized spacial score (nSPS) is 27.4. The summed E-state index contributed by atoms with van der Waals surface area (Å²) in [5.74, 6) is -1.26. The van der Waals surface area contributed by atoms with E-state index in [0.717, 1.165) is 9.13 Å². The third-order valence-electron chi connectivity index (χ3n) is 4.19. The van der Waals surface area contributed by atoms with Gasteiger partial charge in [-0.05, 0) is 6.42 Å². The number of aliphatic carboxylic acids is 1. The number of rotatable bonds is 6. The Labute approximate surface area is 141 Å². The lowest BCUT2D eigenvalue weighted by Crippen LogP contribution is -2.44. The van der Waals surface area contributed by atoms with Crippen LogP contribution in [0.5, 0.6) is 0 Å². The molecule has 0 bridgehead atoms. The summed E-state index contributed by atoms with van der Waals surface area (Å²) in [6.45, 7) is -0.788. The van der Waals surface area contributed by atoms with E-state index in [1.807, 2.05) is 0 Å². The molecule has 11 nitrogen and oxygen atoms in total. The highest BCUT2D eigenvalue weighted by molar-refractivity contribution is 5.72. The quantitative estimate of drug-likeness (QED) is 0.345. The second-order valence-electron chi connectivity index (χ2n) is 5.93. The SMILES string of the molecule is Cn1cc([C@@H]2O[C@H](CO)C(O)[C@@H]2O)c(=O)n(CCC(N)C(=O)O)c1=O. The van der Waals surface area contributed by atoms with Crippen molar-refractivity contribution in [2.75, 3.05) is 6.61 Å². The van der Waals surface area contributed by atoms with Crippen LogP contribution in [0.3, 0.4) is 0 Å². The molecule has 0 saturated carbocycles. The first-order chi connectivity index (χ1) is 11.7. The Kier molecular flexibility index (Phi) is 5.75. The van der Waals surface area contributed by atoms with Gasteiger partial charge in [-0.15, -0.1) is 0 Å². The number of carboxylic acid groups (broad SMARTS) is 1. The van der Waals surface area contributed by atoms with Crippen LogP contribution in [0, 0.1) is 0 Å². The van der Waals surface area contributed by atoms with Gasteiger partial charge in [0, 0.05) is 19.8 Å². The Balaban J connectivity index is 2.40. The number of hydrogen-bond donors (Lipinski definition) is 5. The maximum absolute atomic E-state index is 12.6. The predicted molar refractivity (Wildman–Crippen MR) is 82.9 cm³/mol. The summed E-state index contributed by atoms with van der Waals surface area (Å²) in [6.07, 6.45) is -4.11. The fourth-order valence-corrected chi connectivity index (χ4v) is 2.69. The third-order valence-corrected chi connectivity index (χ3v) is 4.19. The molecule has 0 aromatic carbocycles. The zero-order valence-corrected chi connectivity index (χ0v) is 13.5. The van der Waals surface area contributed by atoms with E-state index in [1.54, 1.807) is 0 Å². The monoisotopic (exact) mass is 359 g/mol. The Morgan fingerprint density at radius 2 is 2.00 bits per heavy atom. The number of aliphatic hydroxyl groups is 3. The van der Waals surface area contributed by atoms with Crippen molar-refractivity contribution >= 4 is 5.97 Å². The number of carboxylic acids is 1. The molecule has 1 aliphatic heterocycles. The number of nitrogens with zero attached hydrogens (tertiary/aromatic N) is 2. The average molecular weight is 359 g/mol. The van der Waals surface area contributed by atoms with Crippen molar-refractivity contribution in [1.82, 2.24) is 9.13 Å². The molecule has 2 rings (SSSR count). The minimum absolute atomic E-state index is 0.0894. The van der Waals surface area contributed by atoms with Gasteiger partial charge in [0.2, 0.25) is 0 Å². The maximum atomic E-state index is 12.6. The van der Waals surface area contributed by atoms with Crippen LogP contribution in [0.1, 0.15) is 18.1 Å². The summed E-state index contributed by atoms with van der Waals surface area (Å²) >= 11 is 0. The molecule has 1 aromatic rings. The minimum atomic E-state index is -1.46. The summed E-state index contributed by atoms with van der Waals surface area (Å²) in [5.41, 5.74) is 3.84. The Bertz CT molecular complexity index is 757. The summed E-state index contributed by atoms with van der Waals surface area (Å²) in [4.78, 5) is 35.5. The maximum Gasteiger partial charge on any atom is 0.330 e. The number of aliphatic hydroxyl groups excluding tert-OH is 3. The van der Waals surface area contributed by atoms with Crippen molar-refractivity contribution in [3.8, 4) is 0 Å². The van der Waals surface area contributed by atoms with Gasteiger partial charge >= 0.3 is 11.7 Å². The Morgan fingerprint density at radius 1 is 1.36 bits per heavy atom. The van der Waals surface area contributed by atoms with Gasteiger partial charge in [0.05, 0.1) is 12.2 Å². The number of ether oxygens (including phenoxy) is 1. The summed E-state index contributed by atoms with van der Waals surface area (Å²) in [7, 11) is 1.38. The Hall–Kier alpha value is -2.05. The molecule has 2 heterocycles.